The number of benzene rings is 1. The van der Waals surface area contributed by atoms with Crippen LogP contribution in [0.5, 0.6) is 5.75 Å². The molecular formula is C20H26FN3O4. The summed E-state index contributed by atoms with van der Waals surface area (Å²) in [6.45, 7) is 1.72. The number of hydrogen-bond donors (Lipinski definition) is 2. The SMILES string of the molecule is COc1ccc([C@H](C)NC(=O)C[C@@H]2NC(=O)N(C3CCCCC3)C2=O)cc1F. The van der Waals surface area contributed by atoms with Crippen molar-refractivity contribution in [3.8, 4) is 5.75 Å². The number of nitrogens with zero attached hydrogens (tertiary/aromatic N) is 1. The van der Waals surface area contributed by atoms with Gasteiger partial charge in [-0.1, -0.05) is 25.3 Å². The predicted octanol–water partition coefficient (Wildman–Crippen LogP) is 2.65. The Morgan fingerprint density at radius 2 is 2.04 bits per heavy atom. The third-order valence-electron chi connectivity index (χ3n) is 5.43. The molecule has 1 aliphatic carbocycles. The fourth-order valence-corrected chi connectivity index (χ4v) is 3.89. The van der Waals surface area contributed by atoms with Gasteiger partial charge in [0.05, 0.1) is 19.6 Å². The van der Waals surface area contributed by atoms with Gasteiger partial charge in [-0.15, -0.1) is 0 Å². The molecule has 1 saturated heterocycles. The molecule has 152 valence electrons. The van der Waals surface area contributed by atoms with Gasteiger partial charge in [-0.3, -0.25) is 14.5 Å². The van der Waals surface area contributed by atoms with Crippen LogP contribution in [0.1, 0.15) is 57.1 Å². The Labute approximate surface area is 163 Å². The van der Waals surface area contributed by atoms with Gasteiger partial charge in [0.1, 0.15) is 6.04 Å². The summed E-state index contributed by atoms with van der Waals surface area (Å²) in [6.07, 6.45) is 4.62. The summed E-state index contributed by atoms with van der Waals surface area (Å²) in [6, 6.07) is 2.67. The molecule has 0 unspecified atom stereocenters. The standard InChI is InChI=1S/C20H26FN3O4/c1-12(13-8-9-17(28-2)15(21)10-13)22-18(25)11-16-19(26)24(20(27)23-16)14-6-4-3-5-7-14/h8-10,12,14,16H,3-7,11H2,1-2H3,(H,22,25)(H,23,27)/t12-,16-/m0/s1. The number of carbonyl (C=O) groups is 3. The van der Waals surface area contributed by atoms with E-state index in [-0.39, 0.29) is 30.0 Å². The normalized spacial score (nSPS) is 21.4. The van der Waals surface area contributed by atoms with E-state index >= 15 is 0 Å². The van der Waals surface area contributed by atoms with Crippen molar-refractivity contribution in [2.24, 2.45) is 0 Å². The summed E-state index contributed by atoms with van der Waals surface area (Å²) in [7, 11) is 1.38. The largest absolute Gasteiger partial charge is 0.494 e. The lowest BCUT2D eigenvalue weighted by Gasteiger charge is -2.28. The minimum atomic E-state index is -0.853. The molecule has 0 bridgehead atoms. The van der Waals surface area contributed by atoms with Gasteiger partial charge >= 0.3 is 6.03 Å². The van der Waals surface area contributed by atoms with E-state index in [1.807, 2.05) is 0 Å². The summed E-state index contributed by atoms with van der Waals surface area (Å²) in [5.74, 6) is -1.10. The van der Waals surface area contributed by atoms with Crippen LogP contribution in [0.2, 0.25) is 0 Å². The Balaban J connectivity index is 1.57. The lowest BCUT2D eigenvalue weighted by molar-refractivity contribution is -0.132. The van der Waals surface area contributed by atoms with Crippen LogP contribution >= 0.6 is 0 Å². The van der Waals surface area contributed by atoms with Crippen LogP contribution in [0.15, 0.2) is 18.2 Å². The number of halogens is 1. The third-order valence-corrected chi connectivity index (χ3v) is 5.43. The molecule has 1 heterocycles. The molecule has 1 saturated carbocycles. The first-order valence-corrected chi connectivity index (χ1v) is 9.67. The summed E-state index contributed by atoms with van der Waals surface area (Å²) >= 11 is 0. The molecule has 2 atom stereocenters. The highest BCUT2D eigenvalue weighted by Crippen LogP contribution is 2.26. The number of urea groups is 1. The van der Waals surface area contributed by atoms with Crippen molar-refractivity contribution in [1.29, 1.82) is 0 Å². The summed E-state index contributed by atoms with van der Waals surface area (Å²) in [4.78, 5) is 38.5. The van der Waals surface area contributed by atoms with Crippen LogP contribution in [0, 0.1) is 5.82 Å². The number of rotatable bonds is 6. The number of nitrogens with one attached hydrogen (secondary N) is 2. The molecule has 0 aromatic heterocycles. The minimum Gasteiger partial charge on any atom is -0.494 e. The molecule has 7 nitrogen and oxygen atoms in total. The fourth-order valence-electron chi connectivity index (χ4n) is 3.89. The van der Waals surface area contributed by atoms with Crippen molar-refractivity contribution >= 4 is 17.8 Å². The number of hydrogen-bond acceptors (Lipinski definition) is 4. The zero-order valence-electron chi connectivity index (χ0n) is 16.2. The van der Waals surface area contributed by atoms with Gasteiger partial charge in [0.2, 0.25) is 5.91 Å². The van der Waals surface area contributed by atoms with E-state index in [2.05, 4.69) is 10.6 Å². The van der Waals surface area contributed by atoms with Crippen molar-refractivity contribution in [3.63, 3.8) is 0 Å². The second-order valence-corrected chi connectivity index (χ2v) is 7.39. The number of amides is 4. The van der Waals surface area contributed by atoms with Crippen molar-refractivity contribution in [3.05, 3.63) is 29.6 Å². The maximum absolute atomic E-state index is 13.9. The molecule has 3 rings (SSSR count). The first kappa shape index (κ1) is 20.1. The Kier molecular flexibility index (Phi) is 6.16. The van der Waals surface area contributed by atoms with E-state index in [0.717, 1.165) is 32.1 Å². The van der Waals surface area contributed by atoms with Crippen LogP contribution in [0.25, 0.3) is 0 Å². The van der Waals surface area contributed by atoms with E-state index in [1.165, 1.54) is 24.1 Å². The molecule has 2 aliphatic rings. The van der Waals surface area contributed by atoms with Gasteiger partial charge in [0.15, 0.2) is 11.6 Å². The zero-order chi connectivity index (χ0) is 20.3. The van der Waals surface area contributed by atoms with E-state index in [1.54, 1.807) is 13.0 Å². The summed E-state index contributed by atoms with van der Waals surface area (Å²) in [5.41, 5.74) is 0.581. The molecule has 2 N–H and O–H groups in total. The monoisotopic (exact) mass is 391 g/mol. The Morgan fingerprint density at radius 3 is 2.68 bits per heavy atom. The first-order valence-electron chi connectivity index (χ1n) is 9.67. The highest BCUT2D eigenvalue weighted by molar-refractivity contribution is 6.06. The minimum absolute atomic E-state index is 0.0736. The van der Waals surface area contributed by atoms with E-state index < -0.39 is 23.9 Å². The topological polar surface area (TPSA) is 87.7 Å². The Bertz CT molecular complexity index is 764. The van der Waals surface area contributed by atoms with E-state index in [4.69, 9.17) is 4.74 Å². The fraction of sp³-hybridized carbons (Fsp3) is 0.550. The molecule has 1 aliphatic heterocycles. The smallest absolute Gasteiger partial charge is 0.325 e. The highest BCUT2D eigenvalue weighted by Gasteiger charge is 2.42. The van der Waals surface area contributed by atoms with Gasteiger partial charge in [-0.05, 0) is 37.5 Å². The van der Waals surface area contributed by atoms with Crippen LogP contribution < -0.4 is 15.4 Å². The average molecular weight is 391 g/mol. The lowest BCUT2D eigenvalue weighted by Crippen LogP contribution is -2.42. The number of methoxy groups -OCH3 is 1. The molecule has 4 amide bonds. The zero-order valence-corrected chi connectivity index (χ0v) is 16.2. The summed E-state index contributed by atoms with van der Waals surface area (Å²) < 4.78 is 18.7. The van der Waals surface area contributed by atoms with Crippen molar-refractivity contribution in [1.82, 2.24) is 15.5 Å². The lowest BCUT2D eigenvalue weighted by atomic mass is 9.94. The van der Waals surface area contributed by atoms with E-state index in [9.17, 15) is 18.8 Å². The summed E-state index contributed by atoms with van der Waals surface area (Å²) in [5, 5.41) is 5.37. The molecular weight excluding hydrogens is 365 g/mol. The maximum Gasteiger partial charge on any atom is 0.325 e. The van der Waals surface area contributed by atoms with Crippen molar-refractivity contribution in [2.45, 2.75) is 63.6 Å². The number of ether oxygens (including phenoxy) is 1. The first-order chi connectivity index (χ1) is 13.4. The maximum atomic E-state index is 13.9. The van der Waals surface area contributed by atoms with Gasteiger partial charge in [0.25, 0.3) is 5.91 Å². The second-order valence-electron chi connectivity index (χ2n) is 7.39. The molecule has 1 aromatic carbocycles. The van der Waals surface area contributed by atoms with Crippen LogP contribution in [0.4, 0.5) is 9.18 Å². The number of carbonyl (C=O) groups excluding carboxylic acids is 3. The van der Waals surface area contributed by atoms with Gasteiger partial charge in [-0.2, -0.15) is 0 Å². The molecule has 28 heavy (non-hydrogen) atoms. The van der Waals surface area contributed by atoms with Crippen LogP contribution in [-0.2, 0) is 9.59 Å². The Morgan fingerprint density at radius 1 is 1.32 bits per heavy atom. The molecule has 0 radical (unpaired) electrons. The molecule has 0 spiro atoms. The van der Waals surface area contributed by atoms with Gasteiger partial charge in [-0.25, -0.2) is 9.18 Å². The van der Waals surface area contributed by atoms with Gasteiger partial charge in [0, 0.05) is 6.04 Å². The Hall–Kier alpha value is -2.64. The van der Waals surface area contributed by atoms with Crippen LogP contribution in [0.3, 0.4) is 0 Å². The molecule has 8 heteroatoms. The molecule has 1 aromatic rings. The van der Waals surface area contributed by atoms with Crippen molar-refractivity contribution < 1.29 is 23.5 Å². The van der Waals surface area contributed by atoms with E-state index in [0.29, 0.717) is 5.56 Å². The number of imide groups is 1. The quantitative estimate of drug-likeness (QED) is 0.730. The third kappa shape index (κ3) is 4.26. The van der Waals surface area contributed by atoms with Crippen LogP contribution in [-0.4, -0.2) is 41.9 Å². The average Bonchev–Trinajstić information content (AvgIpc) is 2.95. The van der Waals surface area contributed by atoms with Gasteiger partial charge < -0.3 is 15.4 Å². The highest BCUT2D eigenvalue weighted by atomic mass is 19.1. The molecule has 2 fully saturated rings. The van der Waals surface area contributed by atoms with Crippen molar-refractivity contribution in [2.75, 3.05) is 7.11 Å². The second kappa shape index (κ2) is 8.58. The predicted molar refractivity (Wildman–Crippen MR) is 100 cm³/mol.